The van der Waals surface area contributed by atoms with Gasteiger partial charge in [0.05, 0.1) is 5.02 Å². The fraction of sp³-hybridized carbons (Fsp3) is 0.133. The van der Waals surface area contributed by atoms with Gasteiger partial charge in [0.1, 0.15) is 6.61 Å². The summed E-state index contributed by atoms with van der Waals surface area (Å²) in [5.41, 5.74) is 6.57. The summed E-state index contributed by atoms with van der Waals surface area (Å²) in [5, 5.41) is 4.07. The highest BCUT2D eigenvalue weighted by Crippen LogP contribution is 2.39. The van der Waals surface area contributed by atoms with E-state index in [1.54, 1.807) is 12.1 Å². The predicted molar refractivity (Wildman–Crippen MR) is 79.4 cm³/mol. The smallest absolute Gasteiger partial charge is 0.231 e. The topological polar surface area (TPSA) is 66.1 Å². The SMILES string of the molecule is N/C(=N/OCc1cc(Cl)c2c(c1)OCO2)c1ccc(F)c(F)c1. The number of benzene rings is 2. The van der Waals surface area contributed by atoms with Gasteiger partial charge in [0.25, 0.3) is 0 Å². The number of halogens is 3. The molecule has 0 unspecified atom stereocenters. The zero-order valence-corrected chi connectivity index (χ0v) is 12.4. The Labute approximate surface area is 135 Å². The molecule has 3 rings (SSSR count). The molecule has 0 aliphatic carbocycles. The van der Waals surface area contributed by atoms with Gasteiger partial charge in [-0.15, -0.1) is 0 Å². The molecular formula is C15H11ClF2N2O3. The Kier molecular flexibility index (Phi) is 4.20. The van der Waals surface area contributed by atoms with Gasteiger partial charge in [-0.05, 0) is 35.9 Å². The van der Waals surface area contributed by atoms with E-state index in [9.17, 15) is 8.78 Å². The van der Waals surface area contributed by atoms with E-state index in [1.165, 1.54) is 6.07 Å². The molecule has 2 aromatic carbocycles. The van der Waals surface area contributed by atoms with Crippen molar-refractivity contribution in [2.75, 3.05) is 6.79 Å². The van der Waals surface area contributed by atoms with Gasteiger partial charge in [0, 0.05) is 5.56 Å². The Morgan fingerprint density at radius 3 is 2.83 bits per heavy atom. The van der Waals surface area contributed by atoms with Crippen LogP contribution in [0.4, 0.5) is 8.78 Å². The van der Waals surface area contributed by atoms with Crippen LogP contribution in [-0.2, 0) is 11.4 Å². The molecule has 0 aromatic heterocycles. The van der Waals surface area contributed by atoms with Crippen LogP contribution in [0.5, 0.6) is 11.5 Å². The van der Waals surface area contributed by atoms with Crippen LogP contribution in [0.3, 0.4) is 0 Å². The van der Waals surface area contributed by atoms with Crippen molar-refractivity contribution in [3.63, 3.8) is 0 Å². The molecule has 1 aliphatic rings. The monoisotopic (exact) mass is 340 g/mol. The lowest BCUT2D eigenvalue weighted by atomic mass is 10.2. The van der Waals surface area contributed by atoms with Crippen molar-refractivity contribution in [3.8, 4) is 11.5 Å². The number of nitrogens with zero attached hydrogens (tertiary/aromatic N) is 1. The first-order valence-electron chi connectivity index (χ1n) is 6.53. The van der Waals surface area contributed by atoms with Crippen molar-refractivity contribution in [1.82, 2.24) is 0 Å². The van der Waals surface area contributed by atoms with Crippen molar-refractivity contribution in [1.29, 1.82) is 0 Å². The number of fused-ring (bicyclic) bond motifs is 1. The normalized spacial score (nSPS) is 13.3. The first kappa shape index (κ1) is 15.4. The number of rotatable bonds is 4. The molecule has 2 aromatic rings. The molecule has 0 amide bonds. The summed E-state index contributed by atoms with van der Waals surface area (Å²) in [6, 6.07) is 6.56. The van der Waals surface area contributed by atoms with Crippen LogP contribution >= 0.6 is 11.6 Å². The van der Waals surface area contributed by atoms with Crippen LogP contribution in [0.25, 0.3) is 0 Å². The van der Waals surface area contributed by atoms with Crippen molar-refractivity contribution >= 4 is 17.4 Å². The van der Waals surface area contributed by atoms with Gasteiger partial charge < -0.3 is 20.0 Å². The Hall–Kier alpha value is -2.54. The van der Waals surface area contributed by atoms with E-state index >= 15 is 0 Å². The van der Waals surface area contributed by atoms with Crippen LogP contribution in [0.1, 0.15) is 11.1 Å². The maximum absolute atomic E-state index is 13.1. The van der Waals surface area contributed by atoms with Gasteiger partial charge in [-0.2, -0.15) is 0 Å². The van der Waals surface area contributed by atoms with E-state index in [2.05, 4.69) is 5.16 Å². The summed E-state index contributed by atoms with van der Waals surface area (Å²) in [5.74, 6) is -1.04. The highest BCUT2D eigenvalue weighted by atomic mass is 35.5. The molecule has 0 radical (unpaired) electrons. The molecular weight excluding hydrogens is 330 g/mol. The molecule has 0 saturated carbocycles. The molecule has 1 heterocycles. The van der Waals surface area contributed by atoms with E-state index in [1.807, 2.05) is 0 Å². The minimum Gasteiger partial charge on any atom is -0.454 e. The molecule has 120 valence electrons. The molecule has 0 bridgehead atoms. The largest absolute Gasteiger partial charge is 0.454 e. The first-order valence-corrected chi connectivity index (χ1v) is 6.91. The number of nitrogens with two attached hydrogens (primary N) is 1. The lowest BCUT2D eigenvalue weighted by molar-refractivity contribution is 0.130. The molecule has 1 aliphatic heterocycles. The van der Waals surface area contributed by atoms with Crippen LogP contribution in [0, 0.1) is 11.6 Å². The summed E-state index contributed by atoms with van der Waals surface area (Å²) in [4.78, 5) is 5.11. The zero-order valence-electron chi connectivity index (χ0n) is 11.7. The predicted octanol–water partition coefficient (Wildman–Crippen LogP) is 3.18. The van der Waals surface area contributed by atoms with Crippen LogP contribution in [0.2, 0.25) is 5.02 Å². The average molecular weight is 341 g/mol. The van der Waals surface area contributed by atoms with E-state index in [-0.39, 0.29) is 24.8 Å². The second-order valence-corrected chi connectivity index (χ2v) is 5.10. The molecule has 0 saturated heterocycles. The van der Waals surface area contributed by atoms with E-state index in [0.29, 0.717) is 22.1 Å². The molecule has 8 heteroatoms. The van der Waals surface area contributed by atoms with Gasteiger partial charge in [-0.1, -0.05) is 16.8 Å². The second kappa shape index (κ2) is 6.29. The lowest BCUT2D eigenvalue weighted by Crippen LogP contribution is -2.14. The third kappa shape index (κ3) is 3.29. The van der Waals surface area contributed by atoms with Crippen molar-refractivity contribution in [2.45, 2.75) is 6.61 Å². The van der Waals surface area contributed by atoms with Crippen molar-refractivity contribution in [3.05, 3.63) is 58.1 Å². The number of hydrogen-bond acceptors (Lipinski definition) is 4. The third-order valence-electron chi connectivity index (χ3n) is 3.10. The van der Waals surface area contributed by atoms with Crippen molar-refractivity contribution < 1.29 is 23.1 Å². The van der Waals surface area contributed by atoms with Crippen LogP contribution in [0.15, 0.2) is 35.5 Å². The molecule has 0 atom stereocenters. The summed E-state index contributed by atoms with van der Waals surface area (Å²) in [7, 11) is 0. The highest BCUT2D eigenvalue weighted by molar-refractivity contribution is 6.32. The maximum Gasteiger partial charge on any atom is 0.231 e. The first-order chi connectivity index (χ1) is 11.0. The minimum atomic E-state index is -1.01. The van der Waals surface area contributed by atoms with Crippen LogP contribution in [-0.4, -0.2) is 12.6 Å². The van der Waals surface area contributed by atoms with E-state index in [4.69, 9.17) is 31.6 Å². The maximum atomic E-state index is 13.1. The molecule has 2 N–H and O–H groups in total. The fourth-order valence-corrected chi connectivity index (χ4v) is 2.28. The molecule has 5 nitrogen and oxygen atoms in total. The third-order valence-corrected chi connectivity index (χ3v) is 3.38. The van der Waals surface area contributed by atoms with Gasteiger partial charge in [-0.25, -0.2) is 8.78 Å². The summed E-state index contributed by atoms with van der Waals surface area (Å²) >= 11 is 6.05. The average Bonchev–Trinajstić information content (AvgIpc) is 2.99. The molecule has 23 heavy (non-hydrogen) atoms. The standard InChI is InChI=1S/C15H11ClF2N2O3/c16-10-3-8(4-13-14(10)22-7-21-13)6-23-20-15(19)9-1-2-11(17)12(18)5-9/h1-5H,6-7H2,(H2,19,20). The highest BCUT2D eigenvalue weighted by Gasteiger charge is 2.18. The summed E-state index contributed by atoms with van der Waals surface area (Å²) in [6.45, 7) is 0.182. The van der Waals surface area contributed by atoms with E-state index in [0.717, 1.165) is 12.1 Å². The Morgan fingerprint density at radius 2 is 2.04 bits per heavy atom. The number of oxime groups is 1. The Bertz CT molecular complexity index is 784. The summed E-state index contributed by atoms with van der Waals surface area (Å²) < 4.78 is 36.4. The number of amidine groups is 1. The van der Waals surface area contributed by atoms with E-state index < -0.39 is 11.6 Å². The molecule has 0 spiro atoms. The Balaban J connectivity index is 1.68. The quantitative estimate of drug-likeness (QED) is 0.527. The van der Waals surface area contributed by atoms with Crippen molar-refractivity contribution in [2.24, 2.45) is 10.9 Å². The second-order valence-electron chi connectivity index (χ2n) is 4.69. The van der Waals surface area contributed by atoms with Gasteiger partial charge in [0.15, 0.2) is 29.0 Å². The molecule has 0 fully saturated rings. The van der Waals surface area contributed by atoms with Gasteiger partial charge in [-0.3, -0.25) is 0 Å². The summed E-state index contributed by atoms with van der Waals surface area (Å²) in [6.07, 6.45) is 0. The van der Waals surface area contributed by atoms with Gasteiger partial charge in [0.2, 0.25) is 6.79 Å². The lowest BCUT2D eigenvalue weighted by Gasteiger charge is -2.05. The zero-order chi connectivity index (χ0) is 16.4. The van der Waals surface area contributed by atoms with Gasteiger partial charge >= 0.3 is 0 Å². The minimum absolute atomic E-state index is 0.0702. The van der Waals surface area contributed by atoms with Crippen LogP contribution < -0.4 is 15.2 Å². The Morgan fingerprint density at radius 1 is 1.22 bits per heavy atom. The fourth-order valence-electron chi connectivity index (χ4n) is 1.99. The number of hydrogen-bond donors (Lipinski definition) is 1. The number of ether oxygens (including phenoxy) is 2.